The van der Waals surface area contributed by atoms with Gasteiger partial charge in [0.05, 0.1) is 6.04 Å². The van der Waals surface area contributed by atoms with Gasteiger partial charge in [-0.1, -0.05) is 11.6 Å². The normalized spacial score (nSPS) is 12.7. The molecule has 4 heteroatoms. The molecule has 0 radical (unpaired) electrons. The Hall–Kier alpha value is -1.32. The molecule has 2 N–H and O–H groups in total. The lowest BCUT2D eigenvalue weighted by molar-refractivity contribution is 0.444. The van der Waals surface area contributed by atoms with Gasteiger partial charge in [-0.25, -0.2) is 4.39 Å². The first-order valence-corrected chi connectivity index (χ1v) is 5.70. The molecular weight excluding hydrogens is 241 g/mol. The topological polar surface area (TPSA) is 39.2 Å². The minimum Gasteiger partial charge on any atom is -0.465 e. The summed E-state index contributed by atoms with van der Waals surface area (Å²) < 4.78 is 18.5. The van der Waals surface area contributed by atoms with Gasteiger partial charge in [0.15, 0.2) is 0 Å². The average Bonchev–Trinajstić information content (AvgIpc) is 2.70. The van der Waals surface area contributed by atoms with Crippen LogP contribution in [0.5, 0.6) is 0 Å². The number of hydrogen-bond acceptors (Lipinski definition) is 2. The number of nitrogens with two attached hydrogens (primary N) is 1. The highest BCUT2D eigenvalue weighted by atomic mass is 35.5. The second-order valence-electron chi connectivity index (χ2n) is 3.99. The van der Waals surface area contributed by atoms with Crippen LogP contribution in [0.25, 0.3) is 0 Å². The first-order valence-electron chi connectivity index (χ1n) is 5.32. The third kappa shape index (κ3) is 2.87. The molecule has 0 saturated carbocycles. The summed E-state index contributed by atoms with van der Waals surface area (Å²) in [7, 11) is 0. The molecule has 2 aromatic rings. The number of hydrogen-bond donors (Lipinski definition) is 1. The van der Waals surface area contributed by atoms with E-state index in [4.69, 9.17) is 21.8 Å². The molecule has 0 bridgehead atoms. The molecular formula is C13H13ClFNO. The van der Waals surface area contributed by atoms with Crippen molar-refractivity contribution in [3.05, 3.63) is 58.3 Å². The zero-order valence-corrected chi connectivity index (χ0v) is 10.2. The van der Waals surface area contributed by atoms with Crippen molar-refractivity contribution in [3.8, 4) is 0 Å². The molecule has 0 aliphatic heterocycles. The van der Waals surface area contributed by atoms with E-state index in [2.05, 4.69) is 0 Å². The Labute approximate surface area is 104 Å². The van der Waals surface area contributed by atoms with Crippen molar-refractivity contribution in [1.82, 2.24) is 0 Å². The number of halogens is 2. The molecule has 0 spiro atoms. The summed E-state index contributed by atoms with van der Waals surface area (Å²) in [6.07, 6.45) is 0.448. The molecule has 1 heterocycles. The minimum atomic E-state index is -0.317. The van der Waals surface area contributed by atoms with E-state index in [1.807, 2.05) is 19.1 Å². The van der Waals surface area contributed by atoms with Crippen LogP contribution in [0.15, 0.2) is 34.7 Å². The van der Waals surface area contributed by atoms with Gasteiger partial charge in [-0.2, -0.15) is 0 Å². The summed E-state index contributed by atoms with van der Waals surface area (Å²) in [5, 5.41) is 0.519. The maximum atomic E-state index is 13.1. The minimum absolute atomic E-state index is 0.313. The lowest BCUT2D eigenvalue weighted by Crippen LogP contribution is -2.12. The predicted molar refractivity (Wildman–Crippen MR) is 65.5 cm³/mol. The fourth-order valence-electron chi connectivity index (χ4n) is 1.69. The Kier molecular flexibility index (Phi) is 3.50. The summed E-state index contributed by atoms with van der Waals surface area (Å²) in [5.74, 6) is 1.18. The fourth-order valence-corrected chi connectivity index (χ4v) is 1.88. The Bertz CT molecular complexity index is 524. The molecule has 1 aromatic carbocycles. The van der Waals surface area contributed by atoms with Crippen molar-refractivity contribution >= 4 is 11.6 Å². The van der Waals surface area contributed by atoms with E-state index in [9.17, 15) is 4.39 Å². The van der Waals surface area contributed by atoms with Gasteiger partial charge >= 0.3 is 0 Å². The van der Waals surface area contributed by atoms with Crippen molar-refractivity contribution in [3.63, 3.8) is 0 Å². The van der Waals surface area contributed by atoms with E-state index < -0.39 is 0 Å². The van der Waals surface area contributed by atoms with Gasteiger partial charge in [-0.05, 0) is 49.2 Å². The Morgan fingerprint density at radius 1 is 1.35 bits per heavy atom. The molecule has 1 atom stereocenters. The van der Waals surface area contributed by atoms with Crippen LogP contribution in [0.1, 0.15) is 23.1 Å². The van der Waals surface area contributed by atoms with Gasteiger partial charge < -0.3 is 10.2 Å². The van der Waals surface area contributed by atoms with Crippen molar-refractivity contribution in [2.24, 2.45) is 5.73 Å². The Morgan fingerprint density at radius 3 is 2.76 bits per heavy atom. The van der Waals surface area contributed by atoms with Gasteiger partial charge in [0.25, 0.3) is 0 Å². The highest BCUT2D eigenvalue weighted by Crippen LogP contribution is 2.24. The summed E-state index contributed by atoms with van der Waals surface area (Å²) in [6, 6.07) is 7.62. The lowest BCUT2D eigenvalue weighted by Gasteiger charge is -2.10. The average molecular weight is 254 g/mol. The van der Waals surface area contributed by atoms with Crippen molar-refractivity contribution in [2.75, 3.05) is 0 Å². The monoisotopic (exact) mass is 253 g/mol. The molecule has 0 saturated heterocycles. The van der Waals surface area contributed by atoms with Gasteiger partial charge in [0.1, 0.15) is 17.3 Å². The first-order chi connectivity index (χ1) is 8.06. The zero-order valence-electron chi connectivity index (χ0n) is 9.41. The summed E-state index contributed by atoms with van der Waals surface area (Å²) >= 11 is 5.98. The van der Waals surface area contributed by atoms with E-state index in [1.54, 1.807) is 0 Å². The van der Waals surface area contributed by atoms with E-state index >= 15 is 0 Å². The van der Waals surface area contributed by atoms with Gasteiger partial charge in [0, 0.05) is 5.02 Å². The van der Waals surface area contributed by atoms with Gasteiger partial charge in [-0.15, -0.1) is 0 Å². The van der Waals surface area contributed by atoms with Crippen LogP contribution in [0.2, 0.25) is 5.02 Å². The van der Waals surface area contributed by atoms with Crippen LogP contribution in [-0.2, 0) is 6.42 Å². The molecule has 0 amide bonds. The molecule has 1 aromatic heterocycles. The molecule has 2 rings (SSSR count). The number of benzene rings is 1. The molecule has 90 valence electrons. The maximum absolute atomic E-state index is 13.1. The van der Waals surface area contributed by atoms with E-state index in [0.29, 0.717) is 22.8 Å². The lowest BCUT2D eigenvalue weighted by atomic mass is 10.0. The van der Waals surface area contributed by atoms with Crippen LogP contribution in [0.3, 0.4) is 0 Å². The molecule has 0 aliphatic carbocycles. The van der Waals surface area contributed by atoms with Crippen molar-refractivity contribution < 1.29 is 8.81 Å². The third-order valence-electron chi connectivity index (χ3n) is 2.57. The third-order valence-corrected chi connectivity index (χ3v) is 2.94. The molecule has 17 heavy (non-hydrogen) atoms. The fraction of sp³-hybridized carbons (Fsp3) is 0.231. The van der Waals surface area contributed by atoms with Crippen LogP contribution >= 0.6 is 11.6 Å². The van der Waals surface area contributed by atoms with Crippen LogP contribution in [0, 0.1) is 12.7 Å². The first kappa shape index (κ1) is 12.1. The second kappa shape index (κ2) is 4.90. The quantitative estimate of drug-likeness (QED) is 0.907. The second-order valence-corrected chi connectivity index (χ2v) is 4.40. The zero-order chi connectivity index (χ0) is 12.4. The van der Waals surface area contributed by atoms with Crippen LogP contribution in [0.4, 0.5) is 4.39 Å². The Morgan fingerprint density at radius 2 is 2.12 bits per heavy atom. The summed E-state index contributed by atoms with van der Waals surface area (Å²) in [5.41, 5.74) is 6.67. The highest BCUT2D eigenvalue weighted by Gasteiger charge is 2.13. The molecule has 0 aliphatic rings. The van der Waals surface area contributed by atoms with Gasteiger partial charge in [-0.3, -0.25) is 0 Å². The molecule has 1 unspecified atom stereocenters. The summed E-state index contributed by atoms with van der Waals surface area (Å²) in [6.45, 7) is 1.85. The van der Waals surface area contributed by atoms with Crippen molar-refractivity contribution in [1.29, 1.82) is 0 Å². The number of aryl methyl sites for hydroxylation is 1. The van der Waals surface area contributed by atoms with Crippen molar-refractivity contribution in [2.45, 2.75) is 19.4 Å². The number of rotatable bonds is 3. The van der Waals surface area contributed by atoms with E-state index in [0.717, 1.165) is 5.76 Å². The maximum Gasteiger partial charge on any atom is 0.123 e. The van der Waals surface area contributed by atoms with Crippen LogP contribution < -0.4 is 5.73 Å². The standard InChI is InChI=1S/C13H13ClFNO/c1-8-2-5-13(17-8)12(16)7-9-6-10(15)3-4-11(9)14/h2-6,12H,7,16H2,1H3. The SMILES string of the molecule is Cc1ccc(C(N)Cc2cc(F)ccc2Cl)o1. The Balaban J connectivity index is 2.18. The largest absolute Gasteiger partial charge is 0.465 e. The predicted octanol–water partition coefficient (Wildman–Crippen LogP) is 3.62. The molecule has 0 fully saturated rings. The molecule has 2 nitrogen and oxygen atoms in total. The van der Waals surface area contributed by atoms with Crippen LogP contribution in [-0.4, -0.2) is 0 Å². The van der Waals surface area contributed by atoms with E-state index in [-0.39, 0.29) is 11.9 Å². The van der Waals surface area contributed by atoms with Gasteiger partial charge in [0.2, 0.25) is 0 Å². The smallest absolute Gasteiger partial charge is 0.123 e. The van der Waals surface area contributed by atoms with E-state index in [1.165, 1.54) is 18.2 Å². The summed E-state index contributed by atoms with van der Waals surface area (Å²) in [4.78, 5) is 0. The highest BCUT2D eigenvalue weighted by molar-refractivity contribution is 6.31. The number of furan rings is 1.